The molecule has 0 unspecified atom stereocenters. The van der Waals surface area contributed by atoms with Gasteiger partial charge in [0.05, 0.1) is 11.3 Å². The van der Waals surface area contributed by atoms with Gasteiger partial charge in [-0.1, -0.05) is 29.8 Å². The van der Waals surface area contributed by atoms with Gasteiger partial charge in [-0.3, -0.25) is 9.59 Å². The molecule has 1 heterocycles. The first kappa shape index (κ1) is 20.9. The third kappa shape index (κ3) is 5.59. The van der Waals surface area contributed by atoms with Gasteiger partial charge in [0, 0.05) is 30.2 Å². The van der Waals surface area contributed by atoms with Crippen molar-refractivity contribution in [3.63, 3.8) is 0 Å². The van der Waals surface area contributed by atoms with E-state index in [-0.39, 0.29) is 23.3 Å². The molecular formula is C24H31N3O2. The fourth-order valence-corrected chi connectivity index (χ4v) is 3.59. The van der Waals surface area contributed by atoms with Crippen LogP contribution >= 0.6 is 0 Å². The summed E-state index contributed by atoms with van der Waals surface area (Å²) in [5, 5.41) is 5.95. The Hall–Kier alpha value is -2.82. The van der Waals surface area contributed by atoms with Crippen molar-refractivity contribution in [2.75, 3.05) is 23.3 Å². The molecule has 2 N–H and O–H groups in total. The molecule has 5 heteroatoms. The molecular weight excluding hydrogens is 362 g/mol. The average molecular weight is 394 g/mol. The number of anilines is 2. The van der Waals surface area contributed by atoms with Crippen molar-refractivity contribution in [1.82, 2.24) is 5.32 Å². The Kier molecular flexibility index (Phi) is 6.26. The van der Waals surface area contributed by atoms with Crippen LogP contribution in [0.15, 0.2) is 48.5 Å². The summed E-state index contributed by atoms with van der Waals surface area (Å²) in [6, 6.07) is 15.7. The number of carbonyl (C=O) groups is 2. The van der Waals surface area contributed by atoms with Crippen LogP contribution in [0.3, 0.4) is 0 Å². The van der Waals surface area contributed by atoms with Gasteiger partial charge in [0.25, 0.3) is 5.91 Å². The summed E-state index contributed by atoms with van der Waals surface area (Å²) < 4.78 is 0. The fourth-order valence-electron chi connectivity index (χ4n) is 3.59. The molecule has 0 aromatic heterocycles. The van der Waals surface area contributed by atoms with E-state index in [1.807, 2.05) is 32.9 Å². The first-order valence-corrected chi connectivity index (χ1v) is 10.3. The Balaban J connectivity index is 1.62. The molecule has 0 radical (unpaired) electrons. The lowest BCUT2D eigenvalue weighted by molar-refractivity contribution is -0.120. The summed E-state index contributed by atoms with van der Waals surface area (Å²) in [7, 11) is 0. The molecule has 1 aliphatic heterocycles. The second-order valence-corrected chi connectivity index (χ2v) is 8.84. The number of amides is 2. The molecule has 0 bridgehead atoms. The van der Waals surface area contributed by atoms with Crippen LogP contribution in [0.4, 0.5) is 11.4 Å². The molecule has 0 saturated carbocycles. The molecule has 1 fully saturated rings. The van der Waals surface area contributed by atoms with E-state index in [2.05, 4.69) is 46.7 Å². The maximum atomic E-state index is 12.9. The van der Waals surface area contributed by atoms with E-state index in [4.69, 9.17) is 0 Å². The van der Waals surface area contributed by atoms with E-state index in [1.54, 1.807) is 12.1 Å². The lowest BCUT2D eigenvalue weighted by atomic mass is 9.95. The van der Waals surface area contributed by atoms with Gasteiger partial charge in [0.15, 0.2) is 0 Å². The number of rotatable bonds is 4. The Morgan fingerprint density at radius 1 is 0.966 bits per heavy atom. The average Bonchev–Trinajstić information content (AvgIpc) is 2.68. The Labute approximate surface area is 173 Å². The summed E-state index contributed by atoms with van der Waals surface area (Å²) in [5.41, 5.74) is 3.18. The summed E-state index contributed by atoms with van der Waals surface area (Å²) in [6.07, 6.45) is 1.60. The molecule has 0 aliphatic carbocycles. The van der Waals surface area contributed by atoms with Gasteiger partial charge in [-0.05, 0) is 64.8 Å². The largest absolute Gasteiger partial charge is 0.371 e. The van der Waals surface area contributed by atoms with Crippen molar-refractivity contribution >= 4 is 23.2 Å². The molecule has 2 aromatic carbocycles. The van der Waals surface area contributed by atoms with Gasteiger partial charge in [0.1, 0.15) is 0 Å². The Morgan fingerprint density at radius 2 is 1.59 bits per heavy atom. The number of nitrogens with zero attached hydrogens (tertiary/aromatic N) is 1. The van der Waals surface area contributed by atoms with E-state index in [9.17, 15) is 9.59 Å². The minimum atomic E-state index is -0.336. The summed E-state index contributed by atoms with van der Waals surface area (Å²) in [6.45, 7) is 9.61. The van der Waals surface area contributed by atoms with Crippen LogP contribution in [0.2, 0.25) is 0 Å². The van der Waals surface area contributed by atoms with Gasteiger partial charge in [-0.25, -0.2) is 0 Å². The van der Waals surface area contributed by atoms with Crippen LogP contribution < -0.4 is 15.5 Å². The highest BCUT2D eigenvalue weighted by Gasteiger charge is 2.26. The predicted molar refractivity (Wildman–Crippen MR) is 118 cm³/mol. The predicted octanol–water partition coefficient (Wildman–Crippen LogP) is 4.38. The van der Waals surface area contributed by atoms with E-state index >= 15 is 0 Å². The molecule has 154 valence electrons. The summed E-state index contributed by atoms with van der Waals surface area (Å²) >= 11 is 0. The SMILES string of the molecule is Cc1ccc(N2CCC(C(=O)Nc3ccccc3C(=O)NC(C)(C)C)CC2)cc1. The first-order valence-electron chi connectivity index (χ1n) is 10.3. The summed E-state index contributed by atoms with van der Waals surface area (Å²) in [4.78, 5) is 27.8. The number of para-hydroxylation sites is 1. The van der Waals surface area contributed by atoms with Crippen LogP contribution in [0.25, 0.3) is 0 Å². The molecule has 1 aliphatic rings. The zero-order chi connectivity index (χ0) is 21.0. The number of hydrogen-bond acceptors (Lipinski definition) is 3. The number of carbonyl (C=O) groups excluding carboxylic acids is 2. The molecule has 2 amide bonds. The maximum absolute atomic E-state index is 12.9. The van der Waals surface area contributed by atoms with E-state index in [0.717, 1.165) is 25.9 Å². The van der Waals surface area contributed by atoms with E-state index in [1.165, 1.54) is 11.3 Å². The Bertz CT molecular complexity index is 860. The molecule has 29 heavy (non-hydrogen) atoms. The van der Waals surface area contributed by atoms with Gasteiger partial charge in [0.2, 0.25) is 5.91 Å². The van der Waals surface area contributed by atoms with Gasteiger partial charge >= 0.3 is 0 Å². The second kappa shape index (κ2) is 8.68. The van der Waals surface area contributed by atoms with Gasteiger partial charge in [-0.2, -0.15) is 0 Å². The van der Waals surface area contributed by atoms with Crippen molar-refractivity contribution in [3.05, 3.63) is 59.7 Å². The van der Waals surface area contributed by atoms with Crippen molar-refractivity contribution in [2.45, 2.75) is 46.1 Å². The van der Waals surface area contributed by atoms with Crippen LogP contribution in [-0.2, 0) is 4.79 Å². The van der Waals surface area contributed by atoms with Crippen molar-refractivity contribution < 1.29 is 9.59 Å². The topological polar surface area (TPSA) is 61.4 Å². The lowest BCUT2D eigenvalue weighted by Crippen LogP contribution is -2.41. The smallest absolute Gasteiger partial charge is 0.253 e. The monoisotopic (exact) mass is 393 g/mol. The fraction of sp³-hybridized carbons (Fsp3) is 0.417. The van der Waals surface area contributed by atoms with Crippen molar-refractivity contribution in [2.24, 2.45) is 5.92 Å². The number of nitrogens with one attached hydrogen (secondary N) is 2. The zero-order valence-corrected chi connectivity index (χ0v) is 17.8. The standard InChI is InChI=1S/C24H31N3O2/c1-17-9-11-19(12-10-17)27-15-13-18(14-16-27)22(28)25-21-8-6-5-7-20(21)23(29)26-24(2,3)4/h5-12,18H,13-16H2,1-4H3,(H,25,28)(H,26,29). The van der Waals surface area contributed by atoms with Crippen LogP contribution in [0.5, 0.6) is 0 Å². The lowest BCUT2D eigenvalue weighted by Gasteiger charge is -2.33. The molecule has 0 spiro atoms. The zero-order valence-electron chi connectivity index (χ0n) is 17.8. The molecule has 3 rings (SSSR count). The highest BCUT2D eigenvalue weighted by Crippen LogP contribution is 2.25. The van der Waals surface area contributed by atoms with Gasteiger partial charge < -0.3 is 15.5 Å². The van der Waals surface area contributed by atoms with E-state index in [0.29, 0.717) is 11.3 Å². The summed E-state index contributed by atoms with van der Waals surface area (Å²) in [5.74, 6) is -0.234. The van der Waals surface area contributed by atoms with Crippen LogP contribution in [0.1, 0.15) is 49.5 Å². The minimum Gasteiger partial charge on any atom is -0.371 e. The first-order chi connectivity index (χ1) is 13.7. The molecule has 0 atom stereocenters. The minimum absolute atomic E-state index is 0.00966. The van der Waals surface area contributed by atoms with Crippen molar-refractivity contribution in [1.29, 1.82) is 0 Å². The quantitative estimate of drug-likeness (QED) is 0.810. The van der Waals surface area contributed by atoms with E-state index < -0.39 is 0 Å². The number of aryl methyl sites for hydroxylation is 1. The third-order valence-electron chi connectivity index (χ3n) is 5.18. The highest BCUT2D eigenvalue weighted by atomic mass is 16.2. The van der Waals surface area contributed by atoms with Gasteiger partial charge in [-0.15, -0.1) is 0 Å². The highest BCUT2D eigenvalue weighted by molar-refractivity contribution is 6.04. The molecule has 5 nitrogen and oxygen atoms in total. The third-order valence-corrected chi connectivity index (χ3v) is 5.18. The number of hydrogen-bond donors (Lipinski definition) is 2. The molecule has 2 aromatic rings. The number of piperidine rings is 1. The normalized spacial score (nSPS) is 15.1. The van der Waals surface area contributed by atoms with Crippen molar-refractivity contribution in [3.8, 4) is 0 Å². The maximum Gasteiger partial charge on any atom is 0.253 e. The molecule has 1 saturated heterocycles. The number of benzene rings is 2. The Morgan fingerprint density at radius 3 is 2.21 bits per heavy atom. The van der Waals surface area contributed by atoms with Crippen LogP contribution in [-0.4, -0.2) is 30.4 Å². The second-order valence-electron chi connectivity index (χ2n) is 8.84. The van der Waals surface area contributed by atoms with Crippen LogP contribution in [0, 0.1) is 12.8 Å².